The molecule has 1 amide bonds. The molecule has 5 rings (SSSR count). The van der Waals surface area contributed by atoms with E-state index >= 15 is 0 Å². The number of halogens is 1. The molecule has 0 saturated heterocycles. The summed E-state index contributed by atoms with van der Waals surface area (Å²) >= 11 is 0. The zero-order valence-corrected chi connectivity index (χ0v) is 16.1. The Kier molecular flexibility index (Phi) is 4.11. The standard InChI is InChI=1S/C20H21FN6O2/c1-27-14(17-18(25-11-3-4-11)23-9-24-20(17)29-2)5-10-6-16(22-8-15(10)27)26-19(28)12-7-13(12)21/h5-6,8-9,11-13H,3-4,7H2,1-2H3,(H,22,26,28)(H,23,24,25)/t12-,13+/m1/s1. The molecular weight excluding hydrogens is 375 g/mol. The van der Waals surface area contributed by atoms with Crippen molar-refractivity contribution in [1.82, 2.24) is 19.5 Å². The van der Waals surface area contributed by atoms with Crippen LogP contribution in [0.2, 0.25) is 0 Å². The summed E-state index contributed by atoms with van der Waals surface area (Å²) < 4.78 is 20.6. The van der Waals surface area contributed by atoms with Gasteiger partial charge >= 0.3 is 0 Å². The second-order valence-corrected chi connectivity index (χ2v) is 7.59. The van der Waals surface area contributed by atoms with Crippen LogP contribution in [0.3, 0.4) is 0 Å². The highest BCUT2D eigenvalue weighted by atomic mass is 19.1. The summed E-state index contributed by atoms with van der Waals surface area (Å²) in [5.74, 6) is 0.745. The maximum absolute atomic E-state index is 13.1. The van der Waals surface area contributed by atoms with Gasteiger partial charge in [0.15, 0.2) is 0 Å². The number of rotatable bonds is 6. The number of fused-ring (bicyclic) bond motifs is 1. The second kappa shape index (κ2) is 6.68. The van der Waals surface area contributed by atoms with Crippen LogP contribution < -0.4 is 15.4 Å². The van der Waals surface area contributed by atoms with Gasteiger partial charge in [0.2, 0.25) is 11.8 Å². The van der Waals surface area contributed by atoms with E-state index in [2.05, 4.69) is 25.6 Å². The Morgan fingerprint density at radius 3 is 2.76 bits per heavy atom. The van der Waals surface area contributed by atoms with Crippen LogP contribution in [0.15, 0.2) is 24.7 Å². The van der Waals surface area contributed by atoms with E-state index in [4.69, 9.17) is 4.74 Å². The zero-order valence-electron chi connectivity index (χ0n) is 16.1. The zero-order chi connectivity index (χ0) is 20.1. The summed E-state index contributed by atoms with van der Waals surface area (Å²) in [5.41, 5.74) is 2.54. The average molecular weight is 396 g/mol. The molecule has 0 aliphatic heterocycles. The smallest absolute Gasteiger partial charge is 0.231 e. The van der Waals surface area contributed by atoms with Crippen molar-refractivity contribution in [2.24, 2.45) is 13.0 Å². The Morgan fingerprint density at radius 2 is 2.07 bits per heavy atom. The summed E-state index contributed by atoms with van der Waals surface area (Å²) in [5, 5.41) is 7.03. The fraction of sp³-hybridized carbons (Fsp3) is 0.400. The minimum absolute atomic E-state index is 0.286. The number of carbonyl (C=O) groups is 1. The SMILES string of the molecule is COc1ncnc(NC2CC2)c1-c1cc2cc(NC(=O)[C@@H]3C[C@@H]3F)ncc2n1C. The van der Waals surface area contributed by atoms with Crippen LogP contribution in [-0.4, -0.2) is 44.7 Å². The first-order valence-corrected chi connectivity index (χ1v) is 9.61. The Morgan fingerprint density at radius 1 is 1.28 bits per heavy atom. The molecule has 9 heteroatoms. The van der Waals surface area contributed by atoms with Crippen LogP contribution in [0.4, 0.5) is 16.0 Å². The van der Waals surface area contributed by atoms with Gasteiger partial charge in [-0.15, -0.1) is 0 Å². The summed E-state index contributed by atoms with van der Waals surface area (Å²) in [6, 6.07) is 4.20. The Hall–Kier alpha value is -3.23. The number of hydrogen-bond donors (Lipinski definition) is 2. The van der Waals surface area contributed by atoms with Gasteiger partial charge in [0, 0.05) is 18.5 Å². The Balaban J connectivity index is 1.54. The average Bonchev–Trinajstić information content (AvgIpc) is 3.63. The van der Waals surface area contributed by atoms with Crippen molar-refractivity contribution in [3.63, 3.8) is 0 Å². The number of hydrogen-bond acceptors (Lipinski definition) is 6. The van der Waals surface area contributed by atoms with Crippen molar-refractivity contribution in [3.8, 4) is 17.1 Å². The Bertz CT molecular complexity index is 1110. The van der Waals surface area contributed by atoms with Crippen molar-refractivity contribution in [2.75, 3.05) is 17.7 Å². The Labute approximate surface area is 166 Å². The van der Waals surface area contributed by atoms with Crippen LogP contribution >= 0.6 is 0 Å². The van der Waals surface area contributed by atoms with Gasteiger partial charge in [-0.05, 0) is 31.4 Å². The number of pyridine rings is 1. The first kappa shape index (κ1) is 17.8. The van der Waals surface area contributed by atoms with E-state index in [0.717, 1.165) is 40.8 Å². The highest BCUT2D eigenvalue weighted by Crippen LogP contribution is 2.39. The van der Waals surface area contributed by atoms with Crippen LogP contribution in [0.5, 0.6) is 5.88 Å². The molecule has 2 aliphatic carbocycles. The largest absolute Gasteiger partial charge is 0.480 e. The molecule has 8 nitrogen and oxygen atoms in total. The fourth-order valence-corrected chi connectivity index (χ4v) is 3.48. The van der Waals surface area contributed by atoms with Crippen molar-refractivity contribution in [2.45, 2.75) is 31.5 Å². The van der Waals surface area contributed by atoms with Crippen molar-refractivity contribution < 1.29 is 13.9 Å². The molecule has 150 valence electrons. The molecule has 0 aromatic carbocycles. The lowest BCUT2D eigenvalue weighted by molar-refractivity contribution is -0.117. The van der Waals surface area contributed by atoms with Gasteiger partial charge < -0.3 is 19.9 Å². The van der Waals surface area contributed by atoms with Crippen LogP contribution in [0.25, 0.3) is 22.2 Å². The minimum atomic E-state index is -1.04. The lowest BCUT2D eigenvalue weighted by Gasteiger charge is -2.14. The van der Waals surface area contributed by atoms with Gasteiger partial charge in [-0.25, -0.2) is 19.3 Å². The van der Waals surface area contributed by atoms with Gasteiger partial charge in [0.1, 0.15) is 29.7 Å². The summed E-state index contributed by atoms with van der Waals surface area (Å²) in [6.07, 6.45) is 4.67. The molecular formula is C20H21FN6O2. The van der Waals surface area contributed by atoms with Gasteiger partial charge in [-0.3, -0.25) is 4.79 Å². The minimum Gasteiger partial charge on any atom is -0.480 e. The number of amides is 1. The van der Waals surface area contributed by atoms with E-state index in [9.17, 15) is 9.18 Å². The van der Waals surface area contributed by atoms with Gasteiger partial charge in [0.25, 0.3) is 0 Å². The predicted octanol–water partition coefficient (Wildman–Crippen LogP) is 2.91. The maximum Gasteiger partial charge on any atom is 0.231 e. The molecule has 0 bridgehead atoms. The van der Waals surface area contributed by atoms with Gasteiger partial charge in [-0.2, -0.15) is 0 Å². The predicted molar refractivity (Wildman–Crippen MR) is 107 cm³/mol. The topological polar surface area (TPSA) is 94.0 Å². The van der Waals surface area contributed by atoms with E-state index < -0.39 is 12.1 Å². The first-order valence-electron chi connectivity index (χ1n) is 9.61. The van der Waals surface area contributed by atoms with Gasteiger partial charge in [-0.1, -0.05) is 0 Å². The number of methoxy groups -OCH3 is 1. The lowest BCUT2D eigenvalue weighted by atomic mass is 10.2. The van der Waals surface area contributed by atoms with E-state index in [1.807, 2.05) is 17.7 Å². The first-order chi connectivity index (χ1) is 14.0. The maximum atomic E-state index is 13.1. The third-order valence-corrected chi connectivity index (χ3v) is 5.41. The van der Waals surface area contributed by atoms with Crippen LogP contribution in [-0.2, 0) is 11.8 Å². The van der Waals surface area contributed by atoms with Crippen molar-refractivity contribution >= 4 is 28.4 Å². The summed E-state index contributed by atoms with van der Waals surface area (Å²) in [7, 11) is 3.52. The number of aromatic nitrogens is 4. The summed E-state index contributed by atoms with van der Waals surface area (Å²) in [4.78, 5) is 25.0. The molecule has 3 aromatic heterocycles. The molecule has 29 heavy (non-hydrogen) atoms. The molecule has 0 spiro atoms. The van der Waals surface area contributed by atoms with E-state index in [1.165, 1.54) is 6.33 Å². The second-order valence-electron chi connectivity index (χ2n) is 7.59. The third-order valence-electron chi connectivity index (χ3n) is 5.41. The number of nitrogens with one attached hydrogen (secondary N) is 2. The number of anilines is 2. The normalized spacial score (nSPS) is 20.5. The van der Waals surface area contributed by atoms with E-state index in [1.54, 1.807) is 19.4 Å². The lowest BCUT2D eigenvalue weighted by Crippen LogP contribution is -2.15. The van der Waals surface area contributed by atoms with Crippen molar-refractivity contribution in [1.29, 1.82) is 0 Å². The molecule has 2 atom stereocenters. The number of nitrogens with zero attached hydrogens (tertiary/aromatic N) is 4. The number of ether oxygens (including phenoxy) is 1. The number of alkyl halides is 1. The molecule has 0 unspecified atom stereocenters. The molecule has 2 fully saturated rings. The summed E-state index contributed by atoms with van der Waals surface area (Å²) in [6.45, 7) is 0. The molecule has 2 N–H and O–H groups in total. The molecule has 0 radical (unpaired) electrons. The van der Waals surface area contributed by atoms with Crippen LogP contribution in [0, 0.1) is 5.92 Å². The molecule has 3 aromatic rings. The van der Waals surface area contributed by atoms with E-state index in [0.29, 0.717) is 17.7 Å². The van der Waals surface area contributed by atoms with E-state index in [-0.39, 0.29) is 12.3 Å². The fourth-order valence-electron chi connectivity index (χ4n) is 3.48. The van der Waals surface area contributed by atoms with Crippen molar-refractivity contribution in [3.05, 3.63) is 24.7 Å². The van der Waals surface area contributed by atoms with Gasteiger partial charge in [0.05, 0.1) is 30.4 Å². The molecule has 2 aliphatic rings. The molecule has 2 saturated carbocycles. The number of aryl methyl sites for hydroxylation is 1. The third kappa shape index (κ3) is 3.26. The highest BCUT2D eigenvalue weighted by molar-refractivity contribution is 5.97. The number of carbonyl (C=O) groups excluding carboxylic acids is 1. The molecule has 3 heterocycles. The quantitative estimate of drug-likeness (QED) is 0.665. The monoisotopic (exact) mass is 396 g/mol. The van der Waals surface area contributed by atoms with Crippen LogP contribution in [0.1, 0.15) is 19.3 Å². The highest BCUT2D eigenvalue weighted by Gasteiger charge is 2.43.